The molecule has 0 bridgehead atoms. The third kappa shape index (κ3) is 2.56. The number of ether oxygens (including phenoxy) is 1. The zero-order valence-electron chi connectivity index (χ0n) is 10.9. The van der Waals surface area contributed by atoms with Crippen molar-refractivity contribution < 1.29 is 19.0 Å². The maximum absolute atomic E-state index is 13.7. The Morgan fingerprint density at radius 2 is 2.21 bits per heavy atom. The van der Waals surface area contributed by atoms with Gasteiger partial charge in [0.25, 0.3) is 0 Å². The van der Waals surface area contributed by atoms with Crippen LogP contribution in [0.3, 0.4) is 0 Å². The fourth-order valence-corrected chi connectivity index (χ4v) is 2.70. The third-order valence-electron chi connectivity index (χ3n) is 3.73. The molecule has 2 unspecified atom stereocenters. The molecule has 4 nitrogen and oxygen atoms in total. The Bertz CT molecular complexity index is 466. The SMILES string of the molecule is COC1CCCCC1(Nc1ccccc1F)C(=O)O. The molecule has 5 heteroatoms. The topological polar surface area (TPSA) is 58.6 Å². The van der Waals surface area contributed by atoms with E-state index in [1.54, 1.807) is 18.2 Å². The number of hydrogen-bond acceptors (Lipinski definition) is 3. The van der Waals surface area contributed by atoms with Gasteiger partial charge in [-0.1, -0.05) is 25.0 Å². The van der Waals surface area contributed by atoms with Crippen molar-refractivity contribution in [3.05, 3.63) is 30.1 Å². The van der Waals surface area contributed by atoms with Gasteiger partial charge in [0.1, 0.15) is 5.82 Å². The van der Waals surface area contributed by atoms with E-state index in [4.69, 9.17) is 4.74 Å². The number of carboxylic acids is 1. The second-order valence-corrected chi connectivity index (χ2v) is 4.85. The number of hydrogen-bond donors (Lipinski definition) is 2. The Kier molecular flexibility index (Phi) is 4.04. The number of halogens is 1. The summed E-state index contributed by atoms with van der Waals surface area (Å²) in [7, 11) is 1.50. The van der Waals surface area contributed by atoms with E-state index >= 15 is 0 Å². The molecule has 0 aliphatic heterocycles. The van der Waals surface area contributed by atoms with Crippen LogP contribution in [0.15, 0.2) is 24.3 Å². The molecule has 0 saturated heterocycles. The molecule has 1 aromatic carbocycles. The maximum atomic E-state index is 13.7. The Labute approximate surface area is 111 Å². The lowest BCUT2D eigenvalue weighted by atomic mass is 9.78. The van der Waals surface area contributed by atoms with Gasteiger partial charge in [0.05, 0.1) is 11.8 Å². The fraction of sp³-hybridized carbons (Fsp3) is 0.500. The number of methoxy groups -OCH3 is 1. The van der Waals surface area contributed by atoms with Crippen molar-refractivity contribution in [1.29, 1.82) is 0 Å². The van der Waals surface area contributed by atoms with Gasteiger partial charge in [0.15, 0.2) is 5.54 Å². The highest BCUT2D eigenvalue weighted by atomic mass is 19.1. The molecule has 2 N–H and O–H groups in total. The van der Waals surface area contributed by atoms with Crippen LogP contribution in [0.1, 0.15) is 25.7 Å². The van der Waals surface area contributed by atoms with E-state index in [1.807, 2.05) is 0 Å². The molecule has 0 aromatic heterocycles. The van der Waals surface area contributed by atoms with Crippen molar-refractivity contribution in [2.45, 2.75) is 37.3 Å². The van der Waals surface area contributed by atoms with E-state index in [0.29, 0.717) is 12.8 Å². The van der Waals surface area contributed by atoms with Crippen LogP contribution in [0.25, 0.3) is 0 Å². The lowest BCUT2D eigenvalue weighted by molar-refractivity contribution is -0.149. The highest BCUT2D eigenvalue weighted by Gasteiger charge is 2.48. The first-order chi connectivity index (χ1) is 9.10. The number of carbonyl (C=O) groups is 1. The van der Waals surface area contributed by atoms with Gasteiger partial charge in [-0.05, 0) is 25.0 Å². The van der Waals surface area contributed by atoms with Crippen molar-refractivity contribution in [1.82, 2.24) is 0 Å². The first-order valence-corrected chi connectivity index (χ1v) is 6.39. The van der Waals surface area contributed by atoms with E-state index in [0.717, 1.165) is 12.8 Å². The quantitative estimate of drug-likeness (QED) is 0.880. The molecule has 1 fully saturated rings. The lowest BCUT2D eigenvalue weighted by Gasteiger charge is -2.41. The molecule has 0 spiro atoms. The number of aliphatic carboxylic acids is 1. The van der Waals surface area contributed by atoms with Crippen LogP contribution in [0.5, 0.6) is 0 Å². The Morgan fingerprint density at radius 3 is 2.84 bits per heavy atom. The summed E-state index contributed by atoms with van der Waals surface area (Å²) in [6.45, 7) is 0. The lowest BCUT2D eigenvalue weighted by Crippen LogP contribution is -2.58. The first kappa shape index (κ1) is 13.8. The van der Waals surface area contributed by atoms with Crippen molar-refractivity contribution in [3.63, 3.8) is 0 Å². The van der Waals surface area contributed by atoms with E-state index in [1.165, 1.54) is 13.2 Å². The first-order valence-electron chi connectivity index (χ1n) is 6.39. The van der Waals surface area contributed by atoms with Crippen LogP contribution < -0.4 is 5.32 Å². The third-order valence-corrected chi connectivity index (χ3v) is 3.73. The molecule has 1 aromatic rings. The second kappa shape index (κ2) is 5.57. The summed E-state index contributed by atoms with van der Waals surface area (Å²) in [6.07, 6.45) is 2.33. The molecular formula is C14H18FNO3. The van der Waals surface area contributed by atoms with Crippen LogP contribution in [-0.2, 0) is 9.53 Å². The molecule has 104 valence electrons. The van der Waals surface area contributed by atoms with E-state index in [2.05, 4.69) is 5.32 Å². The van der Waals surface area contributed by atoms with Gasteiger partial charge < -0.3 is 15.2 Å². The molecule has 0 amide bonds. The Hall–Kier alpha value is -1.62. The predicted molar refractivity (Wildman–Crippen MR) is 69.7 cm³/mol. The standard InChI is InChI=1S/C14H18FNO3/c1-19-12-8-4-5-9-14(12,13(17)18)16-11-7-3-2-6-10(11)15/h2-3,6-7,12,16H,4-5,8-9H2,1H3,(H,17,18). The monoisotopic (exact) mass is 267 g/mol. The van der Waals surface area contributed by atoms with Crippen LogP contribution in [0.4, 0.5) is 10.1 Å². The number of carboxylic acid groups (broad SMARTS) is 1. The van der Waals surface area contributed by atoms with Crippen LogP contribution in [0, 0.1) is 5.82 Å². The number of benzene rings is 1. The summed E-state index contributed by atoms with van der Waals surface area (Å²) in [5, 5.41) is 12.4. The summed E-state index contributed by atoms with van der Waals surface area (Å²) in [5.41, 5.74) is -1.05. The summed E-state index contributed by atoms with van der Waals surface area (Å²) >= 11 is 0. The largest absolute Gasteiger partial charge is 0.479 e. The fourth-order valence-electron chi connectivity index (χ4n) is 2.70. The number of para-hydroxylation sites is 1. The van der Waals surface area contributed by atoms with E-state index < -0.39 is 23.4 Å². The molecular weight excluding hydrogens is 249 g/mol. The average molecular weight is 267 g/mol. The summed E-state index contributed by atoms with van der Waals surface area (Å²) in [5.74, 6) is -1.45. The van der Waals surface area contributed by atoms with Crippen LogP contribution in [0.2, 0.25) is 0 Å². The number of anilines is 1. The van der Waals surface area contributed by atoms with Crippen molar-refractivity contribution in [2.24, 2.45) is 0 Å². The van der Waals surface area contributed by atoms with Gasteiger partial charge >= 0.3 is 5.97 Å². The van der Waals surface area contributed by atoms with Crippen molar-refractivity contribution >= 4 is 11.7 Å². The zero-order chi connectivity index (χ0) is 13.9. The Morgan fingerprint density at radius 1 is 1.47 bits per heavy atom. The summed E-state index contributed by atoms with van der Waals surface area (Å²) in [6, 6.07) is 6.10. The van der Waals surface area contributed by atoms with Gasteiger partial charge in [-0.2, -0.15) is 0 Å². The highest BCUT2D eigenvalue weighted by Crippen LogP contribution is 2.34. The molecule has 1 saturated carbocycles. The summed E-state index contributed by atoms with van der Waals surface area (Å²) < 4.78 is 19.0. The summed E-state index contributed by atoms with van der Waals surface area (Å²) in [4.78, 5) is 11.7. The normalized spacial score (nSPS) is 26.9. The highest BCUT2D eigenvalue weighted by molar-refractivity contribution is 5.84. The molecule has 1 aliphatic rings. The minimum atomic E-state index is -1.25. The maximum Gasteiger partial charge on any atom is 0.332 e. The minimum absolute atomic E-state index is 0.203. The van der Waals surface area contributed by atoms with Gasteiger partial charge in [0.2, 0.25) is 0 Å². The minimum Gasteiger partial charge on any atom is -0.479 e. The van der Waals surface area contributed by atoms with Gasteiger partial charge in [-0.3, -0.25) is 0 Å². The number of rotatable bonds is 4. The van der Waals surface area contributed by atoms with Gasteiger partial charge in [0, 0.05) is 7.11 Å². The van der Waals surface area contributed by atoms with E-state index in [-0.39, 0.29) is 5.69 Å². The average Bonchev–Trinajstić information content (AvgIpc) is 2.41. The Balaban J connectivity index is 2.34. The van der Waals surface area contributed by atoms with Crippen molar-refractivity contribution in [2.75, 3.05) is 12.4 Å². The molecule has 2 atom stereocenters. The molecule has 19 heavy (non-hydrogen) atoms. The second-order valence-electron chi connectivity index (χ2n) is 4.85. The smallest absolute Gasteiger partial charge is 0.332 e. The van der Waals surface area contributed by atoms with Crippen LogP contribution in [-0.4, -0.2) is 29.8 Å². The zero-order valence-corrected chi connectivity index (χ0v) is 10.9. The van der Waals surface area contributed by atoms with Gasteiger partial charge in [-0.25, -0.2) is 9.18 Å². The van der Waals surface area contributed by atoms with Crippen LogP contribution >= 0.6 is 0 Å². The predicted octanol–water partition coefficient (Wildman–Crippen LogP) is 2.65. The number of nitrogens with one attached hydrogen (secondary N) is 1. The molecule has 2 rings (SSSR count). The van der Waals surface area contributed by atoms with Crippen molar-refractivity contribution in [3.8, 4) is 0 Å². The molecule has 0 heterocycles. The van der Waals surface area contributed by atoms with E-state index in [9.17, 15) is 14.3 Å². The molecule has 0 radical (unpaired) electrons. The molecule has 1 aliphatic carbocycles. The van der Waals surface area contributed by atoms with Gasteiger partial charge in [-0.15, -0.1) is 0 Å².